The van der Waals surface area contributed by atoms with Gasteiger partial charge in [0.1, 0.15) is 0 Å². The molecule has 1 N–H and O–H groups in total. The molecule has 1 atom stereocenters. The highest BCUT2D eigenvalue weighted by atomic mass is 32.2. The fraction of sp³-hybridized carbons (Fsp3) is 0.933. The minimum absolute atomic E-state index is 0.254. The molecule has 3 fully saturated rings. The molecule has 3 rings (SSSR count). The first-order valence-electron chi connectivity index (χ1n) is 8.47. The van der Waals surface area contributed by atoms with Gasteiger partial charge >= 0.3 is 6.09 Å². The smallest absolute Gasteiger partial charge is 0.407 e. The highest BCUT2D eigenvalue weighted by molar-refractivity contribution is 7.89. The fourth-order valence-corrected chi connectivity index (χ4v) is 5.71. The second-order valence-electron chi connectivity index (χ2n) is 7.55. The molecule has 1 aliphatic carbocycles. The normalized spacial score (nSPS) is 29.1. The molecule has 2 heterocycles. The number of hydrogen-bond donors (Lipinski definition) is 1. The minimum Gasteiger partial charge on any atom is -0.465 e. The Morgan fingerprint density at radius 1 is 1.28 bits per heavy atom. The average Bonchev–Trinajstić information content (AvgIpc) is 2.88. The number of rotatable bonds is 4. The van der Waals surface area contributed by atoms with Gasteiger partial charge in [-0.1, -0.05) is 0 Å². The first-order chi connectivity index (χ1) is 11.5. The van der Waals surface area contributed by atoms with Crippen LogP contribution in [0, 0.1) is 5.92 Å². The highest BCUT2D eigenvalue weighted by Crippen LogP contribution is 2.44. The number of alkyl halides is 2. The fourth-order valence-electron chi connectivity index (χ4n) is 4.05. The highest BCUT2D eigenvalue weighted by Gasteiger charge is 2.49. The molecule has 0 aromatic carbocycles. The van der Waals surface area contributed by atoms with Crippen LogP contribution in [0.3, 0.4) is 0 Å². The van der Waals surface area contributed by atoms with Crippen molar-refractivity contribution in [3.05, 3.63) is 0 Å². The summed E-state index contributed by atoms with van der Waals surface area (Å²) in [5, 5.41) is 9.01. The summed E-state index contributed by atoms with van der Waals surface area (Å²) in [4.78, 5) is 12.3. The number of amides is 1. The minimum atomic E-state index is -3.62. The van der Waals surface area contributed by atoms with Crippen LogP contribution in [0.1, 0.15) is 32.1 Å². The molecule has 1 saturated carbocycles. The van der Waals surface area contributed by atoms with E-state index in [4.69, 9.17) is 9.84 Å². The number of carboxylic acid groups (broad SMARTS) is 1. The van der Waals surface area contributed by atoms with Gasteiger partial charge in [0.05, 0.1) is 24.0 Å². The molecule has 2 aliphatic heterocycles. The summed E-state index contributed by atoms with van der Waals surface area (Å²) in [5.41, 5.74) is -0.482. The third-order valence-corrected chi connectivity index (χ3v) is 7.78. The van der Waals surface area contributed by atoms with Gasteiger partial charge < -0.3 is 14.7 Å². The van der Waals surface area contributed by atoms with Gasteiger partial charge in [-0.3, -0.25) is 0 Å². The van der Waals surface area contributed by atoms with Crippen molar-refractivity contribution >= 4 is 16.1 Å². The number of sulfonamides is 1. The standard InChI is InChI=1S/C15H24F2N2O5S/c1-18(25(22,23)10-11-6-15(16,17)7-11)12-8-14(24-9-12)2-4-19(5-3-14)13(20)21/h11-12H,2-10H2,1H3,(H,20,21). The lowest BCUT2D eigenvalue weighted by molar-refractivity contribution is -0.103. The number of hydrogen-bond acceptors (Lipinski definition) is 4. The second kappa shape index (κ2) is 6.31. The van der Waals surface area contributed by atoms with Gasteiger partial charge in [0.2, 0.25) is 15.9 Å². The third kappa shape index (κ3) is 3.90. The van der Waals surface area contributed by atoms with Gasteiger partial charge in [-0.25, -0.2) is 22.0 Å². The molecule has 144 valence electrons. The van der Waals surface area contributed by atoms with Crippen molar-refractivity contribution in [2.45, 2.75) is 49.7 Å². The zero-order valence-corrected chi connectivity index (χ0v) is 15.0. The first-order valence-corrected chi connectivity index (χ1v) is 10.1. The summed E-state index contributed by atoms with van der Waals surface area (Å²) < 4.78 is 57.9. The van der Waals surface area contributed by atoms with Crippen molar-refractivity contribution in [3.8, 4) is 0 Å². The Labute approximate surface area is 146 Å². The maximum absolute atomic E-state index is 12.9. The van der Waals surface area contributed by atoms with Crippen LogP contribution in [0.2, 0.25) is 0 Å². The lowest BCUT2D eigenvalue weighted by Gasteiger charge is -2.38. The number of ether oxygens (including phenoxy) is 1. The van der Waals surface area contributed by atoms with E-state index in [1.807, 2.05) is 0 Å². The molecule has 1 spiro atoms. The summed E-state index contributed by atoms with van der Waals surface area (Å²) in [6.45, 7) is 0.995. The van der Waals surface area contributed by atoms with E-state index in [9.17, 15) is 22.0 Å². The average molecular weight is 382 g/mol. The number of piperidine rings is 1. The number of halogens is 2. The second-order valence-corrected chi connectivity index (χ2v) is 9.62. The molecular formula is C15H24F2N2O5S. The first kappa shape index (κ1) is 18.8. The SMILES string of the molecule is CN(C1COC2(CCN(C(=O)O)CC2)C1)S(=O)(=O)CC1CC(F)(F)C1. The van der Waals surface area contributed by atoms with Crippen LogP contribution < -0.4 is 0 Å². The quantitative estimate of drug-likeness (QED) is 0.798. The van der Waals surface area contributed by atoms with Crippen LogP contribution in [-0.2, 0) is 14.8 Å². The van der Waals surface area contributed by atoms with E-state index in [1.165, 1.54) is 16.3 Å². The molecule has 25 heavy (non-hydrogen) atoms. The molecule has 10 heteroatoms. The Morgan fingerprint density at radius 2 is 1.88 bits per heavy atom. The maximum atomic E-state index is 12.9. The maximum Gasteiger partial charge on any atom is 0.407 e. The molecule has 0 radical (unpaired) electrons. The molecule has 0 aromatic rings. The van der Waals surface area contributed by atoms with Crippen LogP contribution in [0.4, 0.5) is 13.6 Å². The zero-order valence-electron chi connectivity index (χ0n) is 14.2. The van der Waals surface area contributed by atoms with Gasteiger partial charge in [0.15, 0.2) is 0 Å². The van der Waals surface area contributed by atoms with E-state index in [0.717, 1.165) is 0 Å². The number of nitrogens with zero attached hydrogens (tertiary/aromatic N) is 2. The Kier molecular flexibility index (Phi) is 4.74. The summed E-state index contributed by atoms with van der Waals surface area (Å²) in [6.07, 6.45) is -0.0955. The molecule has 1 unspecified atom stereocenters. The van der Waals surface area contributed by atoms with E-state index >= 15 is 0 Å². The van der Waals surface area contributed by atoms with Crippen molar-refractivity contribution in [1.29, 1.82) is 0 Å². The molecule has 7 nitrogen and oxygen atoms in total. The van der Waals surface area contributed by atoms with E-state index in [0.29, 0.717) is 32.4 Å². The van der Waals surface area contributed by atoms with Crippen molar-refractivity contribution in [1.82, 2.24) is 9.21 Å². The van der Waals surface area contributed by atoms with Gasteiger partial charge in [-0.05, 0) is 25.2 Å². The van der Waals surface area contributed by atoms with Gasteiger partial charge in [-0.2, -0.15) is 4.31 Å². The number of likely N-dealkylation sites (tertiary alicyclic amines) is 1. The monoisotopic (exact) mass is 382 g/mol. The third-order valence-electron chi connectivity index (χ3n) is 5.71. The summed E-state index contributed by atoms with van der Waals surface area (Å²) in [6, 6.07) is -0.332. The van der Waals surface area contributed by atoms with Crippen LogP contribution in [0.5, 0.6) is 0 Å². The summed E-state index contributed by atoms with van der Waals surface area (Å²) in [7, 11) is -2.14. The van der Waals surface area contributed by atoms with Crippen molar-refractivity contribution in [3.63, 3.8) is 0 Å². The Bertz CT molecular complexity index is 626. The Hall–Kier alpha value is -1.00. The predicted octanol–water partition coefficient (Wildman–Crippen LogP) is 1.59. The summed E-state index contributed by atoms with van der Waals surface area (Å²) in [5.74, 6) is -3.47. The Balaban J connectivity index is 1.55. The zero-order chi connectivity index (χ0) is 18.5. The van der Waals surface area contributed by atoms with Crippen molar-refractivity contribution < 1.29 is 31.8 Å². The predicted molar refractivity (Wildman–Crippen MR) is 85.1 cm³/mol. The number of carbonyl (C=O) groups is 1. The molecule has 3 aliphatic rings. The molecule has 1 amide bonds. The topological polar surface area (TPSA) is 87.2 Å². The van der Waals surface area contributed by atoms with Crippen molar-refractivity contribution in [2.75, 3.05) is 32.5 Å². The van der Waals surface area contributed by atoms with E-state index in [1.54, 1.807) is 0 Å². The van der Waals surface area contributed by atoms with Crippen molar-refractivity contribution in [2.24, 2.45) is 5.92 Å². The van der Waals surface area contributed by atoms with Crippen LogP contribution in [0.15, 0.2) is 0 Å². The molecule has 0 bridgehead atoms. The lowest BCUT2D eigenvalue weighted by Crippen LogP contribution is -2.47. The number of likely N-dealkylation sites (N-methyl/N-ethyl adjacent to an activating group) is 1. The van der Waals surface area contributed by atoms with Crippen LogP contribution >= 0.6 is 0 Å². The van der Waals surface area contributed by atoms with Gasteiger partial charge in [0.25, 0.3) is 0 Å². The molecule has 0 aromatic heterocycles. The van der Waals surface area contributed by atoms with Crippen LogP contribution in [0.25, 0.3) is 0 Å². The van der Waals surface area contributed by atoms with E-state index < -0.39 is 33.6 Å². The molecular weight excluding hydrogens is 358 g/mol. The van der Waals surface area contributed by atoms with E-state index in [-0.39, 0.29) is 31.2 Å². The Morgan fingerprint density at radius 3 is 2.40 bits per heavy atom. The lowest BCUT2D eigenvalue weighted by atomic mass is 9.83. The molecule has 2 saturated heterocycles. The van der Waals surface area contributed by atoms with Gasteiger partial charge in [-0.15, -0.1) is 0 Å². The summed E-state index contributed by atoms with van der Waals surface area (Å²) >= 11 is 0. The van der Waals surface area contributed by atoms with E-state index in [2.05, 4.69) is 0 Å². The van der Waals surface area contributed by atoms with Gasteiger partial charge in [0, 0.05) is 33.0 Å². The van der Waals surface area contributed by atoms with Crippen LogP contribution in [-0.4, -0.2) is 78.9 Å². The largest absolute Gasteiger partial charge is 0.465 e.